The lowest BCUT2D eigenvalue weighted by Gasteiger charge is -2.36. The molecule has 4 atom stereocenters. The second-order valence-corrected chi connectivity index (χ2v) is 20.5. The number of thiazole rings is 1. The Morgan fingerprint density at radius 2 is 1.57 bits per heavy atom. The number of likely N-dealkylation sites (N-methyl/N-ethyl adjacent to an activating group) is 1. The molecule has 2 aliphatic rings. The SMILES string of the molecule is Cc1ncsc1-c1ccc(N(C)C(=O)[C@@H]2C[C@@H](O)CN2C(=O)[C@@H](NC(=O)COCCOCCOCCOCCNC(=O)c2cc3cc(N4CCC(O)(C(=O)NCc5cc(F)cc(F)c5)C4=O)ccc3[nH]2)C(C)(C)C)cc1. The van der Waals surface area contributed by atoms with Crippen LogP contribution >= 0.6 is 11.3 Å². The molecule has 2 aromatic heterocycles. The fourth-order valence-corrected chi connectivity index (χ4v) is 9.66. The summed E-state index contributed by atoms with van der Waals surface area (Å²) in [7, 11) is 1.63. The molecule has 0 radical (unpaired) electrons. The number of hydrogen-bond donors (Lipinski definition) is 6. The molecule has 4 heterocycles. The van der Waals surface area contributed by atoms with Crippen molar-refractivity contribution in [3.63, 3.8) is 0 Å². The number of β-amino-alcohol motifs (C(OH)–C–C–N with tert-alkyl or cyclic N) is 1. The summed E-state index contributed by atoms with van der Waals surface area (Å²) in [6.45, 7) is 8.44. The summed E-state index contributed by atoms with van der Waals surface area (Å²) in [6.07, 6.45) is -1.06. The van der Waals surface area contributed by atoms with Crippen molar-refractivity contribution in [2.24, 2.45) is 5.41 Å². The molecule has 2 fully saturated rings. The van der Waals surface area contributed by atoms with Gasteiger partial charge in [-0.2, -0.15) is 0 Å². The molecule has 6 N–H and O–H groups in total. The molecule has 6 amide bonds. The number of anilines is 2. The molecule has 2 aliphatic heterocycles. The van der Waals surface area contributed by atoms with E-state index >= 15 is 0 Å². The van der Waals surface area contributed by atoms with Crippen LogP contribution in [0.5, 0.6) is 0 Å². The van der Waals surface area contributed by atoms with Gasteiger partial charge in [0.25, 0.3) is 17.7 Å². The number of aryl methyl sites for hydroxylation is 1. The normalized spacial score (nSPS) is 18.0. The molecule has 0 bridgehead atoms. The van der Waals surface area contributed by atoms with Gasteiger partial charge in [0.15, 0.2) is 0 Å². The van der Waals surface area contributed by atoms with E-state index < -0.39 is 70.4 Å². The second-order valence-electron chi connectivity index (χ2n) is 19.6. The number of ether oxygens (including phenoxy) is 4. The first-order chi connectivity index (χ1) is 36.2. The molecule has 1 unspecified atom stereocenters. The zero-order chi connectivity index (χ0) is 54.7. The number of carbonyl (C=O) groups excluding carboxylic acids is 6. The van der Waals surface area contributed by atoms with Crippen molar-refractivity contribution in [3.8, 4) is 10.4 Å². The van der Waals surface area contributed by atoms with Gasteiger partial charge in [-0.05, 0) is 72.0 Å². The van der Waals surface area contributed by atoms with Crippen molar-refractivity contribution >= 4 is 69.1 Å². The molecule has 5 aromatic rings. The Morgan fingerprint density at radius 3 is 2.21 bits per heavy atom. The Labute approximate surface area is 442 Å². The number of likely N-dealkylation sites (tertiary alicyclic amines) is 1. The number of nitrogens with one attached hydrogen (secondary N) is 4. The second kappa shape index (κ2) is 25.4. The molecular weight excluding hydrogens is 1010 g/mol. The molecule has 0 aliphatic carbocycles. The van der Waals surface area contributed by atoms with Gasteiger partial charge in [0.1, 0.15) is 36.0 Å². The fraction of sp³-hybridized carbons (Fsp3) is 0.453. The van der Waals surface area contributed by atoms with Gasteiger partial charge in [-0.1, -0.05) is 32.9 Å². The highest BCUT2D eigenvalue weighted by molar-refractivity contribution is 7.13. The average Bonchev–Trinajstić information content (AvgIpc) is 4.21. The summed E-state index contributed by atoms with van der Waals surface area (Å²) in [5.74, 6) is -5.24. The van der Waals surface area contributed by atoms with Crippen LogP contribution in [-0.2, 0) is 49.5 Å². The topological polar surface area (TPSA) is 254 Å². The first-order valence-corrected chi connectivity index (χ1v) is 25.7. The maximum absolute atomic E-state index is 14.1. The third kappa shape index (κ3) is 14.2. The van der Waals surface area contributed by atoms with E-state index in [2.05, 4.69) is 25.9 Å². The van der Waals surface area contributed by atoms with Crippen LogP contribution < -0.4 is 25.8 Å². The average molecular weight is 1080 g/mol. The first kappa shape index (κ1) is 57.0. The monoisotopic (exact) mass is 1070 g/mol. The van der Waals surface area contributed by atoms with Crippen LogP contribution in [0.1, 0.15) is 55.4 Å². The predicted octanol–water partition coefficient (Wildman–Crippen LogP) is 3.61. The number of rotatable bonds is 24. The Morgan fingerprint density at radius 1 is 0.908 bits per heavy atom. The van der Waals surface area contributed by atoms with Crippen molar-refractivity contribution in [1.82, 2.24) is 30.8 Å². The fourth-order valence-electron chi connectivity index (χ4n) is 8.85. The first-order valence-electron chi connectivity index (χ1n) is 24.8. The van der Waals surface area contributed by atoms with Gasteiger partial charge in [-0.15, -0.1) is 11.3 Å². The molecule has 7 rings (SSSR count). The summed E-state index contributed by atoms with van der Waals surface area (Å²) in [5, 5.41) is 30.2. The van der Waals surface area contributed by atoms with E-state index in [4.69, 9.17) is 18.9 Å². The van der Waals surface area contributed by atoms with Gasteiger partial charge in [-0.25, -0.2) is 13.8 Å². The summed E-state index contributed by atoms with van der Waals surface area (Å²) < 4.78 is 49.3. The van der Waals surface area contributed by atoms with E-state index in [1.54, 1.807) is 57.6 Å². The van der Waals surface area contributed by atoms with Gasteiger partial charge in [-0.3, -0.25) is 28.8 Å². The number of amides is 6. The predicted molar refractivity (Wildman–Crippen MR) is 277 cm³/mol. The number of H-pyrrole nitrogens is 1. The van der Waals surface area contributed by atoms with E-state index in [9.17, 15) is 47.8 Å². The number of aliphatic hydroxyl groups is 2. The number of nitrogens with zero attached hydrogens (tertiary/aromatic N) is 4. The number of fused-ring (bicyclic) bond motifs is 1. The lowest BCUT2D eigenvalue weighted by atomic mass is 9.85. The minimum absolute atomic E-state index is 0.0263. The highest BCUT2D eigenvalue weighted by atomic mass is 32.1. The Bertz CT molecular complexity index is 2860. The van der Waals surface area contributed by atoms with E-state index in [1.165, 1.54) is 26.0 Å². The highest BCUT2D eigenvalue weighted by Gasteiger charge is 2.52. The van der Waals surface area contributed by atoms with Crippen LogP contribution in [0.3, 0.4) is 0 Å². The summed E-state index contributed by atoms with van der Waals surface area (Å²) >= 11 is 1.53. The van der Waals surface area contributed by atoms with Crippen LogP contribution in [0.4, 0.5) is 20.2 Å². The third-order valence-corrected chi connectivity index (χ3v) is 13.9. The van der Waals surface area contributed by atoms with Crippen molar-refractivity contribution in [1.29, 1.82) is 0 Å². The van der Waals surface area contributed by atoms with E-state index in [1.807, 2.05) is 31.2 Å². The van der Waals surface area contributed by atoms with E-state index in [-0.39, 0.29) is 109 Å². The lowest BCUT2D eigenvalue weighted by molar-refractivity contribution is -0.149. The van der Waals surface area contributed by atoms with Gasteiger partial charge in [0.2, 0.25) is 23.3 Å². The minimum Gasteiger partial charge on any atom is -0.391 e. The third-order valence-electron chi connectivity index (χ3n) is 12.9. The van der Waals surface area contributed by atoms with Crippen molar-refractivity contribution in [2.45, 2.75) is 70.9 Å². The molecular formula is C53H64F2N8O12S. The number of halogens is 2. The molecule has 408 valence electrons. The summed E-state index contributed by atoms with van der Waals surface area (Å²) in [6, 6.07) is 14.8. The zero-order valence-corrected chi connectivity index (χ0v) is 43.8. The number of aromatic nitrogens is 2. The van der Waals surface area contributed by atoms with Crippen molar-refractivity contribution < 1.29 is 66.7 Å². The quantitative estimate of drug-likeness (QED) is 0.0382. The van der Waals surface area contributed by atoms with Gasteiger partial charge >= 0.3 is 0 Å². The maximum atomic E-state index is 14.1. The standard InChI is InChI=1S/C53H64F2N8O12S/c1-32-45(76-31-58-32)34-6-8-38(9-7-34)61(5)48(67)43-27-40(64)29-63(43)49(68)46(52(2,3)4)60-44(65)30-75-21-20-74-19-18-73-17-16-72-15-13-56-47(66)42-25-35-24-39(10-11-41(35)59-42)62-14-12-53(71,51(62)70)50(69)57-28-33-22-36(54)26-37(55)23-33/h6-11,22-26,31,40,43,46,59,64,71H,12-21,27-30H2,1-5H3,(H,56,66)(H,57,69)(H,60,65)/t40-,43+,46-,53?/m1/s1. The Balaban J connectivity index is 0.736. The molecule has 2 saturated heterocycles. The molecule has 3 aromatic carbocycles. The van der Waals surface area contributed by atoms with Crippen LogP contribution in [0, 0.1) is 24.0 Å². The summed E-state index contributed by atoms with van der Waals surface area (Å²) in [4.78, 5) is 92.4. The molecule has 76 heavy (non-hydrogen) atoms. The number of benzene rings is 3. The van der Waals surface area contributed by atoms with Crippen molar-refractivity contribution in [3.05, 3.63) is 101 Å². The maximum Gasteiger partial charge on any atom is 0.268 e. The van der Waals surface area contributed by atoms with E-state index in [0.29, 0.717) is 28.3 Å². The zero-order valence-electron chi connectivity index (χ0n) is 43.0. The number of carbonyl (C=O) groups is 6. The van der Waals surface area contributed by atoms with E-state index in [0.717, 1.165) is 28.3 Å². The highest BCUT2D eigenvalue weighted by Crippen LogP contribution is 2.33. The largest absolute Gasteiger partial charge is 0.391 e. The van der Waals surface area contributed by atoms with Crippen LogP contribution in [-0.4, -0.2) is 164 Å². The smallest absolute Gasteiger partial charge is 0.268 e. The summed E-state index contributed by atoms with van der Waals surface area (Å²) in [5.41, 5.74) is 2.57. The molecule has 0 saturated carbocycles. The lowest BCUT2D eigenvalue weighted by Crippen LogP contribution is -2.58. The molecule has 23 heteroatoms. The van der Waals surface area contributed by atoms with Gasteiger partial charge < -0.3 is 64.8 Å². The van der Waals surface area contributed by atoms with Crippen LogP contribution in [0.15, 0.2) is 72.2 Å². The Hall–Kier alpha value is -6.73. The minimum atomic E-state index is -2.38. The Kier molecular flexibility index (Phi) is 19.1. The number of aromatic amines is 1. The van der Waals surface area contributed by atoms with Crippen LogP contribution in [0.25, 0.3) is 21.3 Å². The molecule has 20 nitrogen and oxygen atoms in total. The van der Waals surface area contributed by atoms with Gasteiger partial charge in [0.05, 0.1) is 68.4 Å². The number of hydrogen-bond acceptors (Lipinski definition) is 14. The van der Waals surface area contributed by atoms with Crippen molar-refractivity contribution in [2.75, 3.05) is 89.3 Å². The van der Waals surface area contributed by atoms with Crippen LogP contribution in [0.2, 0.25) is 0 Å². The van der Waals surface area contributed by atoms with Gasteiger partial charge in [0, 0.05) is 74.4 Å². The number of aliphatic hydroxyl groups excluding tert-OH is 1. The molecule has 0 spiro atoms.